The summed E-state index contributed by atoms with van der Waals surface area (Å²) in [4.78, 5) is 15.2. The summed E-state index contributed by atoms with van der Waals surface area (Å²) in [6, 6.07) is 8.86. The van der Waals surface area contributed by atoms with E-state index >= 15 is 0 Å². The number of piperidine rings is 1. The summed E-state index contributed by atoms with van der Waals surface area (Å²) in [5.41, 5.74) is 0.681. The van der Waals surface area contributed by atoms with Gasteiger partial charge in [0.25, 0.3) is 5.91 Å². The van der Waals surface area contributed by atoms with Crippen molar-refractivity contribution in [1.82, 2.24) is 10.2 Å². The SMILES string of the molecule is O=C(NC1CC1)c1ccccc1OCC1CCCN(C2CCCCCC2)C1. The summed E-state index contributed by atoms with van der Waals surface area (Å²) < 4.78 is 6.17. The second kappa shape index (κ2) is 9.09. The molecule has 1 unspecified atom stereocenters. The number of nitrogens with one attached hydrogen (secondary N) is 1. The topological polar surface area (TPSA) is 41.6 Å². The first-order valence-corrected chi connectivity index (χ1v) is 11.1. The van der Waals surface area contributed by atoms with Crippen LogP contribution in [0.2, 0.25) is 0 Å². The van der Waals surface area contributed by atoms with Gasteiger partial charge in [0.15, 0.2) is 0 Å². The average molecular weight is 371 g/mol. The first-order chi connectivity index (χ1) is 13.3. The van der Waals surface area contributed by atoms with Gasteiger partial charge in [-0.05, 0) is 57.2 Å². The molecule has 2 saturated carbocycles. The predicted molar refractivity (Wildman–Crippen MR) is 108 cm³/mol. The number of nitrogens with zero attached hydrogens (tertiary/aromatic N) is 1. The van der Waals surface area contributed by atoms with Gasteiger partial charge in [-0.15, -0.1) is 0 Å². The molecule has 0 bridgehead atoms. The Kier molecular flexibility index (Phi) is 6.33. The summed E-state index contributed by atoms with van der Waals surface area (Å²) in [7, 11) is 0. The van der Waals surface area contributed by atoms with E-state index in [0.717, 1.165) is 37.8 Å². The summed E-state index contributed by atoms with van der Waals surface area (Å²) >= 11 is 0. The van der Waals surface area contributed by atoms with E-state index in [0.29, 0.717) is 17.5 Å². The van der Waals surface area contributed by atoms with Gasteiger partial charge < -0.3 is 10.1 Å². The first kappa shape index (κ1) is 18.8. The van der Waals surface area contributed by atoms with Gasteiger partial charge in [-0.3, -0.25) is 9.69 Å². The third kappa shape index (κ3) is 5.25. The molecule has 1 heterocycles. The Morgan fingerprint density at radius 2 is 1.78 bits per heavy atom. The molecule has 3 fully saturated rings. The van der Waals surface area contributed by atoms with Gasteiger partial charge in [-0.1, -0.05) is 37.8 Å². The van der Waals surface area contributed by atoms with Crippen molar-refractivity contribution in [3.05, 3.63) is 29.8 Å². The molecule has 4 nitrogen and oxygen atoms in total. The fraction of sp³-hybridized carbons (Fsp3) is 0.696. The van der Waals surface area contributed by atoms with Gasteiger partial charge in [0.2, 0.25) is 0 Å². The molecule has 2 aliphatic carbocycles. The van der Waals surface area contributed by atoms with Crippen LogP contribution in [-0.4, -0.2) is 42.6 Å². The van der Waals surface area contributed by atoms with E-state index in [2.05, 4.69) is 10.2 Å². The zero-order valence-corrected chi connectivity index (χ0v) is 16.5. The fourth-order valence-electron chi connectivity index (χ4n) is 4.67. The Morgan fingerprint density at radius 3 is 2.56 bits per heavy atom. The highest BCUT2D eigenvalue weighted by atomic mass is 16.5. The summed E-state index contributed by atoms with van der Waals surface area (Å²) in [6.45, 7) is 3.12. The molecule has 0 radical (unpaired) electrons. The molecule has 3 aliphatic rings. The van der Waals surface area contributed by atoms with Crippen LogP contribution >= 0.6 is 0 Å². The van der Waals surface area contributed by atoms with Crippen molar-refractivity contribution in [3.63, 3.8) is 0 Å². The highest BCUT2D eigenvalue weighted by molar-refractivity contribution is 5.97. The van der Waals surface area contributed by atoms with Gasteiger partial charge in [0, 0.05) is 24.5 Å². The minimum atomic E-state index is 0.0110. The lowest BCUT2D eigenvalue weighted by Gasteiger charge is -2.38. The van der Waals surface area contributed by atoms with Crippen molar-refractivity contribution in [2.45, 2.75) is 76.3 Å². The lowest BCUT2D eigenvalue weighted by molar-refractivity contribution is 0.0859. The zero-order chi connectivity index (χ0) is 18.5. The van der Waals surface area contributed by atoms with E-state index in [1.807, 2.05) is 24.3 Å². The number of hydrogen-bond acceptors (Lipinski definition) is 3. The van der Waals surface area contributed by atoms with Crippen LogP contribution in [0.1, 0.15) is 74.6 Å². The fourth-order valence-corrected chi connectivity index (χ4v) is 4.67. The molecule has 27 heavy (non-hydrogen) atoms. The predicted octanol–water partition coefficient (Wildman–Crippen LogP) is 4.39. The van der Waals surface area contributed by atoms with Crippen molar-refractivity contribution in [1.29, 1.82) is 0 Å². The number of likely N-dealkylation sites (tertiary alicyclic amines) is 1. The van der Waals surface area contributed by atoms with Gasteiger partial charge >= 0.3 is 0 Å². The van der Waals surface area contributed by atoms with E-state index in [4.69, 9.17) is 4.74 Å². The van der Waals surface area contributed by atoms with Crippen LogP contribution in [0.15, 0.2) is 24.3 Å². The van der Waals surface area contributed by atoms with Crippen LogP contribution in [0.5, 0.6) is 5.75 Å². The second-order valence-electron chi connectivity index (χ2n) is 8.70. The maximum absolute atomic E-state index is 12.5. The number of ether oxygens (including phenoxy) is 1. The van der Waals surface area contributed by atoms with Crippen molar-refractivity contribution in [3.8, 4) is 5.75 Å². The van der Waals surface area contributed by atoms with E-state index in [1.54, 1.807) is 0 Å². The lowest BCUT2D eigenvalue weighted by atomic mass is 9.95. The Morgan fingerprint density at radius 1 is 1.00 bits per heavy atom. The molecule has 148 valence electrons. The summed E-state index contributed by atoms with van der Waals surface area (Å²) in [6.07, 6.45) is 13.1. The third-order valence-electron chi connectivity index (χ3n) is 6.41. The molecule has 1 aromatic carbocycles. The van der Waals surface area contributed by atoms with E-state index in [-0.39, 0.29) is 5.91 Å². The normalized spacial score (nSPS) is 25.0. The summed E-state index contributed by atoms with van der Waals surface area (Å²) in [5, 5.41) is 3.08. The minimum Gasteiger partial charge on any atom is -0.492 e. The van der Waals surface area contributed by atoms with E-state index < -0.39 is 0 Å². The number of rotatable bonds is 6. The van der Waals surface area contributed by atoms with Gasteiger partial charge in [0.05, 0.1) is 12.2 Å². The lowest BCUT2D eigenvalue weighted by Crippen LogP contribution is -2.44. The van der Waals surface area contributed by atoms with Gasteiger partial charge in [0.1, 0.15) is 5.75 Å². The maximum Gasteiger partial charge on any atom is 0.255 e. The molecule has 0 aromatic heterocycles. The van der Waals surface area contributed by atoms with Crippen LogP contribution < -0.4 is 10.1 Å². The number of para-hydroxylation sites is 1. The maximum atomic E-state index is 12.5. The van der Waals surface area contributed by atoms with Crippen LogP contribution in [-0.2, 0) is 0 Å². The average Bonchev–Trinajstić information content (AvgIpc) is 3.54. The van der Waals surface area contributed by atoms with Crippen LogP contribution in [0.4, 0.5) is 0 Å². The standard InChI is InChI=1S/C23H34N2O2/c26-23(24-19-13-14-19)21-11-5-6-12-22(21)27-17-18-8-7-15-25(16-18)20-9-3-1-2-4-10-20/h5-6,11-12,18-20H,1-4,7-10,13-17H2,(H,24,26). The quantitative estimate of drug-likeness (QED) is 0.755. The van der Waals surface area contributed by atoms with Crippen molar-refractivity contribution in [2.24, 2.45) is 5.92 Å². The van der Waals surface area contributed by atoms with Crippen LogP contribution in [0, 0.1) is 5.92 Å². The van der Waals surface area contributed by atoms with E-state index in [9.17, 15) is 4.79 Å². The summed E-state index contributed by atoms with van der Waals surface area (Å²) in [5.74, 6) is 1.32. The Hall–Kier alpha value is -1.55. The van der Waals surface area contributed by atoms with E-state index in [1.165, 1.54) is 57.9 Å². The smallest absolute Gasteiger partial charge is 0.255 e. The molecule has 1 aliphatic heterocycles. The molecule has 1 amide bonds. The molecular formula is C23H34N2O2. The van der Waals surface area contributed by atoms with Crippen LogP contribution in [0.25, 0.3) is 0 Å². The number of benzene rings is 1. The Balaban J connectivity index is 1.32. The molecule has 4 rings (SSSR count). The number of carbonyl (C=O) groups is 1. The molecule has 1 N–H and O–H groups in total. The highest BCUT2D eigenvalue weighted by Gasteiger charge is 2.28. The van der Waals surface area contributed by atoms with Crippen molar-refractivity contribution in [2.75, 3.05) is 19.7 Å². The van der Waals surface area contributed by atoms with Gasteiger partial charge in [-0.25, -0.2) is 0 Å². The first-order valence-electron chi connectivity index (χ1n) is 11.1. The molecular weight excluding hydrogens is 336 g/mol. The van der Waals surface area contributed by atoms with Crippen LogP contribution in [0.3, 0.4) is 0 Å². The number of carbonyl (C=O) groups excluding carboxylic acids is 1. The monoisotopic (exact) mass is 370 g/mol. The minimum absolute atomic E-state index is 0.0110. The molecule has 0 spiro atoms. The largest absolute Gasteiger partial charge is 0.492 e. The highest BCUT2D eigenvalue weighted by Crippen LogP contribution is 2.28. The number of amides is 1. The zero-order valence-electron chi connectivity index (χ0n) is 16.5. The van der Waals surface area contributed by atoms with Crippen molar-refractivity contribution < 1.29 is 9.53 Å². The molecule has 1 saturated heterocycles. The third-order valence-corrected chi connectivity index (χ3v) is 6.41. The number of hydrogen-bond donors (Lipinski definition) is 1. The van der Waals surface area contributed by atoms with Crippen molar-refractivity contribution >= 4 is 5.91 Å². The molecule has 4 heteroatoms. The Labute approximate surface area is 163 Å². The molecule has 1 atom stereocenters. The molecule has 1 aromatic rings. The second-order valence-corrected chi connectivity index (χ2v) is 8.70. The van der Waals surface area contributed by atoms with Gasteiger partial charge in [-0.2, -0.15) is 0 Å². The Bertz CT molecular complexity index is 621.